The van der Waals surface area contributed by atoms with E-state index < -0.39 is 23.0 Å². The quantitative estimate of drug-likeness (QED) is 0.772. The van der Waals surface area contributed by atoms with Crippen molar-refractivity contribution < 1.29 is 13.2 Å². The smallest absolute Gasteiger partial charge is 0.310 e. The van der Waals surface area contributed by atoms with Gasteiger partial charge in [-0.3, -0.25) is 14.3 Å². The number of fused-ring (bicyclic) bond motifs is 1. The van der Waals surface area contributed by atoms with Crippen LogP contribution in [0.2, 0.25) is 0 Å². The molecule has 1 N–H and O–H groups in total. The second-order valence-electron chi connectivity index (χ2n) is 6.01. The summed E-state index contributed by atoms with van der Waals surface area (Å²) < 4.78 is 40.9. The van der Waals surface area contributed by atoms with E-state index in [-0.39, 0.29) is 11.2 Å². The Kier molecular flexibility index (Phi) is 4.47. The molecule has 0 aliphatic carbocycles. The maximum atomic E-state index is 12.8. The lowest BCUT2D eigenvalue weighted by Gasteiger charge is -2.10. The zero-order valence-electron chi connectivity index (χ0n) is 14.2. The highest BCUT2D eigenvalue weighted by Crippen LogP contribution is 2.31. The van der Waals surface area contributed by atoms with Gasteiger partial charge in [0.2, 0.25) is 0 Å². The van der Waals surface area contributed by atoms with Gasteiger partial charge < -0.3 is 4.57 Å². The highest BCUT2D eigenvalue weighted by Gasteiger charge is 2.30. The molecule has 3 aromatic rings. The summed E-state index contributed by atoms with van der Waals surface area (Å²) in [7, 11) is 1.34. The largest absolute Gasteiger partial charge is 0.416 e. The van der Waals surface area contributed by atoms with Gasteiger partial charge in [0.05, 0.1) is 5.56 Å². The number of imidazole rings is 1. The first-order valence-electron chi connectivity index (χ1n) is 8.11. The average molecular weight is 366 g/mol. The predicted octanol–water partition coefficient (Wildman–Crippen LogP) is 2.91. The number of benzene rings is 1. The molecule has 0 radical (unpaired) electrons. The Bertz CT molecular complexity index is 1060. The second kappa shape index (κ2) is 6.47. The molecule has 1 aromatic carbocycles. The molecule has 138 valence electrons. The molecule has 0 amide bonds. The van der Waals surface area contributed by atoms with Gasteiger partial charge >= 0.3 is 11.9 Å². The summed E-state index contributed by atoms with van der Waals surface area (Å²) in [5.74, 6) is 0.348. The lowest BCUT2D eigenvalue weighted by molar-refractivity contribution is -0.137. The third-order valence-electron chi connectivity index (χ3n) is 4.21. The fourth-order valence-corrected chi connectivity index (χ4v) is 2.73. The molecule has 26 heavy (non-hydrogen) atoms. The summed E-state index contributed by atoms with van der Waals surface area (Å²) in [5, 5.41) is 0. The number of nitrogens with one attached hydrogen (secondary N) is 1. The van der Waals surface area contributed by atoms with Gasteiger partial charge in [-0.1, -0.05) is 25.5 Å². The molecule has 0 bridgehead atoms. The Morgan fingerprint density at radius 3 is 2.38 bits per heavy atom. The Morgan fingerprint density at radius 1 is 1.15 bits per heavy atom. The molecule has 0 aliphatic heterocycles. The SMILES string of the molecule is CCCCn1c(-c2ccc(C(F)(F)F)cc2)nc2c(=O)n(C)c(=O)[nH]c21. The summed E-state index contributed by atoms with van der Waals surface area (Å²) in [5.41, 5.74) is -1.08. The number of hydrogen-bond donors (Lipinski definition) is 1. The summed E-state index contributed by atoms with van der Waals surface area (Å²) in [4.78, 5) is 31.2. The molecule has 0 fully saturated rings. The van der Waals surface area contributed by atoms with Crippen LogP contribution in [0.15, 0.2) is 33.9 Å². The fourth-order valence-electron chi connectivity index (χ4n) is 2.73. The predicted molar refractivity (Wildman–Crippen MR) is 90.9 cm³/mol. The number of nitrogens with zero attached hydrogens (tertiary/aromatic N) is 3. The normalized spacial score (nSPS) is 12.0. The number of unbranched alkanes of at least 4 members (excludes halogenated alkanes) is 1. The number of rotatable bonds is 4. The van der Waals surface area contributed by atoms with E-state index in [0.717, 1.165) is 29.5 Å². The molecule has 3 rings (SSSR count). The number of H-pyrrole nitrogens is 1. The van der Waals surface area contributed by atoms with Crippen molar-refractivity contribution in [2.45, 2.75) is 32.5 Å². The van der Waals surface area contributed by atoms with Crippen LogP contribution < -0.4 is 11.2 Å². The minimum atomic E-state index is -4.43. The third-order valence-corrected chi connectivity index (χ3v) is 4.21. The van der Waals surface area contributed by atoms with E-state index in [9.17, 15) is 22.8 Å². The second-order valence-corrected chi connectivity index (χ2v) is 6.01. The maximum absolute atomic E-state index is 12.8. The number of aromatic nitrogens is 4. The van der Waals surface area contributed by atoms with E-state index in [1.54, 1.807) is 4.57 Å². The number of aromatic amines is 1. The number of halogens is 3. The molecular weight excluding hydrogens is 349 g/mol. The van der Waals surface area contributed by atoms with Gasteiger partial charge in [0, 0.05) is 19.2 Å². The molecule has 9 heteroatoms. The van der Waals surface area contributed by atoms with Gasteiger partial charge in [0.25, 0.3) is 5.56 Å². The molecule has 2 heterocycles. The minimum absolute atomic E-state index is 0.0816. The fraction of sp³-hybridized carbons (Fsp3) is 0.353. The van der Waals surface area contributed by atoms with Crippen molar-refractivity contribution in [3.63, 3.8) is 0 Å². The van der Waals surface area contributed by atoms with Crippen LogP contribution in [0.25, 0.3) is 22.6 Å². The van der Waals surface area contributed by atoms with Crippen LogP contribution in [0, 0.1) is 0 Å². The number of alkyl halides is 3. The van der Waals surface area contributed by atoms with E-state index in [0.29, 0.717) is 17.9 Å². The van der Waals surface area contributed by atoms with Gasteiger partial charge in [0.1, 0.15) is 11.5 Å². The molecule has 0 unspecified atom stereocenters. The van der Waals surface area contributed by atoms with Crippen LogP contribution in [0.5, 0.6) is 0 Å². The molecule has 0 saturated heterocycles. The first-order valence-corrected chi connectivity index (χ1v) is 8.11. The van der Waals surface area contributed by atoms with Gasteiger partial charge in [-0.2, -0.15) is 13.2 Å². The van der Waals surface area contributed by atoms with Crippen molar-refractivity contribution in [3.8, 4) is 11.4 Å². The molecule has 0 spiro atoms. The lowest BCUT2D eigenvalue weighted by atomic mass is 10.1. The Morgan fingerprint density at radius 2 is 1.81 bits per heavy atom. The van der Waals surface area contributed by atoms with E-state index in [1.807, 2.05) is 6.92 Å². The highest BCUT2D eigenvalue weighted by atomic mass is 19.4. The van der Waals surface area contributed by atoms with E-state index in [2.05, 4.69) is 9.97 Å². The van der Waals surface area contributed by atoms with Crippen molar-refractivity contribution >= 4 is 11.2 Å². The molecule has 6 nitrogen and oxygen atoms in total. The van der Waals surface area contributed by atoms with Crippen molar-refractivity contribution in [2.24, 2.45) is 7.05 Å². The topological polar surface area (TPSA) is 72.7 Å². The third kappa shape index (κ3) is 3.04. The Balaban J connectivity index is 2.23. The van der Waals surface area contributed by atoms with Gasteiger partial charge in [0.15, 0.2) is 5.52 Å². The summed E-state index contributed by atoms with van der Waals surface area (Å²) >= 11 is 0. The van der Waals surface area contributed by atoms with Crippen LogP contribution >= 0.6 is 0 Å². The van der Waals surface area contributed by atoms with Gasteiger partial charge in [-0.25, -0.2) is 9.78 Å². The molecule has 0 saturated carbocycles. The average Bonchev–Trinajstić information content (AvgIpc) is 2.95. The summed E-state index contributed by atoms with van der Waals surface area (Å²) in [6, 6.07) is 4.57. The van der Waals surface area contributed by atoms with Crippen LogP contribution in [0.4, 0.5) is 13.2 Å². The lowest BCUT2D eigenvalue weighted by Crippen LogP contribution is -2.32. The molecular formula is C17H17F3N4O2. The number of hydrogen-bond acceptors (Lipinski definition) is 3. The van der Waals surface area contributed by atoms with E-state index >= 15 is 0 Å². The summed E-state index contributed by atoms with van der Waals surface area (Å²) in [6.45, 7) is 2.46. The highest BCUT2D eigenvalue weighted by molar-refractivity contribution is 5.76. The van der Waals surface area contributed by atoms with Gasteiger partial charge in [-0.05, 0) is 18.6 Å². The first kappa shape index (κ1) is 18.0. The Labute approximate surface area is 145 Å². The standard InChI is InChI=1S/C17H17F3N4O2/c1-3-4-9-24-13(10-5-7-11(8-6-10)17(18,19)20)21-12-14(24)22-16(26)23(2)15(12)25/h5-8H,3-4,9H2,1-2H3,(H,22,26). The van der Waals surface area contributed by atoms with Crippen molar-refractivity contribution in [1.29, 1.82) is 0 Å². The van der Waals surface area contributed by atoms with Crippen molar-refractivity contribution in [1.82, 2.24) is 19.1 Å². The van der Waals surface area contributed by atoms with Crippen molar-refractivity contribution in [2.75, 3.05) is 0 Å². The van der Waals surface area contributed by atoms with E-state index in [1.165, 1.54) is 19.2 Å². The number of aryl methyl sites for hydroxylation is 1. The zero-order chi connectivity index (χ0) is 19.1. The van der Waals surface area contributed by atoms with E-state index in [4.69, 9.17) is 0 Å². The first-order chi connectivity index (χ1) is 12.2. The maximum Gasteiger partial charge on any atom is 0.416 e. The van der Waals surface area contributed by atoms with Crippen molar-refractivity contribution in [3.05, 3.63) is 50.7 Å². The molecule has 2 aromatic heterocycles. The van der Waals surface area contributed by atoms with Crippen LogP contribution in [0.1, 0.15) is 25.3 Å². The zero-order valence-corrected chi connectivity index (χ0v) is 14.2. The van der Waals surface area contributed by atoms with Crippen LogP contribution in [0.3, 0.4) is 0 Å². The molecule has 0 aliphatic rings. The van der Waals surface area contributed by atoms with Crippen LogP contribution in [-0.2, 0) is 19.8 Å². The monoisotopic (exact) mass is 366 g/mol. The minimum Gasteiger partial charge on any atom is -0.310 e. The Hall–Kier alpha value is -2.84. The summed E-state index contributed by atoms with van der Waals surface area (Å²) in [6.07, 6.45) is -2.81. The van der Waals surface area contributed by atoms with Crippen LogP contribution in [-0.4, -0.2) is 19.1 Å². The van der Waals surface area contributed by atoms with Gasteiger partial charge in [-0.15, -0.1) is 0 Å². The molecule has 0 atom stereocenters.